The van der Waals surface area contributed by atoms with Crippen LogP contribution >= 0.6 is 0 Å². The zero-order valence-electron chi connectivity index (χ0n) is 12.5. The van der Waals surface area contributed by atoms with E-state index in [4.69, 9.17) is 0 Å². The van der Waals surface area contributed by atoms with Crippen molar-refractivity contribution in [3.8, 4) is 0 Å². The van der Waals surface area contributed by atoms with Gasteiger partial charge in [-0.25, -0.2) is 0 Å². The van der Waals surface area contributed by atoms with Crippen molar-refractivity contribution in [3.63, 3.8) is 0 Å². The number of hydrogen-bond donors (Lipinski definition) is 2. The minimum atomic E-state index is 0.891. The SMILES string of the molecule is Cc1ccc(C)c(CCNCCC2CCCNC2)c1. The molecule has 1 heterocycles. The Hall–Kier alpha value is -0.860. The van der Waals surface area contributed by atoms with Gasteiger partial charge < -0.3 is 10.6 Å². The Morgan fingerprint density at radius 1 is 1.26 bits per heavy atom. The molecule has 0 spiro atoms. The highest BCUT2D eigenvalue weighted by atomic mass is 14.9. The lowest BCUT2D eigenvalue weighted by Gasteiger charge is -2.22. The molecule has 1 aromatic rings. The second kappa shape index (κ2) is 7.66. The van der Waals surface area contributed by atoms with Crippen LogP contribution in [0.25, 0.3) is 0 Å². The summed E-state index contributed by atoms with van der Waals surface area (Å²) in [5, 5.41) is 7.09. The van der Waals surface area contributed by atoms with E-state index in [1.54, 1.807) is 0 Å². The van der Waals surface area contributed by atoms with Crippen LogP contribution in [0.4, 0.5) is 0 Å². The van der Waals surface area contributed by atoms with Crippen molar-refractivity contribution in [2.24, 2.45) is 5.92 Å². The molecule has 2 heteroatoms. The van der Waals surface area contributed by atoms with E-state index in [0.29, 0.717) is 0 Å². The zero-order chi connectivity index (χ0) is 13.5. The maximum atomic E-state index is 3.60. The molecule has 1 aliphatic rings. The van der Waals surface area contributed by atoms with Gasteiger partial charge in [0.25, 0.3) is 0 Å². The number of aryl methyl sites for hydroxylation is 2. The number of benzene rings is 1. The standard InChI is InChI=1S/C17H28N2/c1-14-5-6-15(2)17(12-14)8-11-18-10-7-16-4-3-9-19-13-16/h5-6,12,16,18-19H,3-4,7-11,13H2,1-2H3. The van der Waals surface area contributed by atoms with Gasteiger partial charge in [0.15, 0.2) is 0 Å². The van der Waals surface area contributed by atoms with Crippen molar-refractivity contribution in [2.75, 3.05) is 26.2 Å². The van der Waals surface area contributed by atoms with Crippen LogP contribution in [0.1, 0.15) is 36.0 Å². The van der Waals surface area contributed by atoms with E-state index in [1.807, 2.05) is 0 Å². The Bertz CT molecular complexity index is 381. The molecule has 0 amide bonds. The molecule has 0 radical (unpaired) electrons. The average Bonchev–Trinajstić information content (AvgIpc) is 2.43. The van der Waals surface area contributed by atoms with Gasteiger partial charge in [-0.2, -0.15) is 0 Å². The molecule has 0 aliphatic carbocycles. The third-order valence-electron chi connectivity index (χ3n) is 4.20. The summed E-state index contributed by atoms with van der Waals surface area (Å²) in [5.41, 5.74) is 4.28. The minimum absolute atomic E-state index is 0.891. The van der Waals surface area contributed by atoms with Crippen LogP contribution in [-0.4, -0.2) is 26.2 Å². The quantitative estimate of drug-likeness (QED) is 0.769. The van der Waals surface area contributed by atoms with Crippen LogP contribution in [-0.2, 0) is 6.42 Å². The van der Waals surface area contributed by atoms with Gasteiger partial charge in [0.2, 0.25) is 0 Å². The fraction of sp³-hybridized carbons (Fsp3) is 0.647. The highest BCUT2D eigenvalue weighted by Gasteiger charge is 2.11. The Labute approximate surface area is 118 Å². The van der Waals surface area contributed by atoms with Gasteiger partial charge in [-0.3, -0.25) is 0 Å². The molecule has 1 atom stereocenters. The molecule has 0 bridgehead atoms. The molecule has 0 aromatic heterocycles. The maximum absolute atomic E-state index is 3.60. The van der Waals surface area contributed by atoms with Gasteiger partial charge in [0, 0.05) is 0 Å². The Balaban J connectivity index is 1.62. The minimum Gasteiger partial charge on any atom is -0.316 e. The summed E-state index contributed by atoms with van der Waals surface area (Å²) in [6.45, 7) is 9.09. The van der Waals surface area contributed by atoms with Crippen molar-refractivity contribution in [1.29, 1.82) is 0 Å². The summed E-state index contributed by atoms with van der Waals surface area (Å²) < 4.78 is 0. The predicted molar refractivity (Wildman–Crippen MR) is 82.7 cm³/mol. The lowest BCUT2D eigenvalue weighted by atomic mass is 9.96. The number of nitrogens with one attached hydrogen (secondary N) is 2. The highest BCUT2D eigenvalue weighted by Crippen LogP contribution is 2.13. The van der Waals surface area contributed by atoms with E-state index in [2.05, 4.69) is 42.7 Å². The fourth-order valence-electron chi connectivity index (χ4n) is 2.89. The monoisotopic (exact) mass is 260 g/mol. The molecule has 1 fully saturated rings. The van der Waals surface area contributed by atoms with Crippen molar-refractivity contribution >= 4 is 0 Å². The lowest BCUT2D eigenvalue weighted by Crippen LogP contribution is -2.32. The van der Waals surface area contributed by atoms with Crippen LogP contribution in [0, 0.1) is 19.8 Å². The molecule has 1 aliphatic heterocycles. The van der Waals surface area contributed by atoms with Crippen molar-refractivity contribution < 1.29 is 0 Å². The Kier molecular flexibility index (Phi) is 5.87. The molecule has 1 saturated heterocycles. The number of hydrogen-bond acceptors (Lipinski definition) is 2. The molecule has 1 unspecified atom stereocenters. The maximum Gasteiger partial charge on any atom is -0.000825 e. The fourth-order valence-corrected chi connectivity index (χ4v) is 2.89. The second-order valence-electron chi connectivity index (χ2n) is 5.93. The zero-order valence-corrected chi connectivity index (χ0v) is 12.5. The van der Waals surface area contributed by atoms with E-state index in [9.17, 15) is 0 Å². The number of piperidine rings is 1. The van der Waals surface area contributed by atoms with Gasteiger partial charge in [-0.15, -0.1) is 0 Å². The molecule has 1 aromatic carbocycles. The van der Waals surface area contributed by atoms with E-state index in [1.165, 1.54) is 49.0 Å². The summed E-state index contributed by atoms with van der Waals surface area (Å²) >= 11 is 0. The molecule has 0 saturated carbocycles. The summed E-state index contributed by atoms with van der Waals surface area (Å²) in [5.74, 6) is 0.891. The van der Waals surface area contributed by atoms with Gasteiger partial charge in [0.1, 0.15) is 0 Å². The molecule has 106 valence electrons. The predicted octanol–water partition coefficient (Wildman–Crippen LogP) is 2.83. The van der Waals surface area contributed by atoms with Crippen molar-refractivity contribution in [1.82, 2.24) is 10.6 Å². The third-order valence-corrected chi connectivity index (χ3v) is 4.20. The molecule has 2 nitrogen and oxygen atoms in total. The molecule has 2 rings (SSSR count). The first kappa shape index (κ1) is 14.5. The first-order chi connectivity index (χ1) is 9.25. The molecular weight excluding hydrogens is 232 g/mol. The van der Waals surface area contributed by atoms with E-state index >= 15 is 0 Å². The van der Waals surface area contributed by atoms with E-state index < -0.39 is 0 Å². The smallest absolute Gasteiger partial charge is 0.000825 e. The summed E-state index contributed by atoms with van der Waals surface area (Å²) in [6, 6.07) is 6.75. The molecule has 19 heavy (non-hydrogen) atoms. The van der Waals surface area contributed by atoms with Gasteiger partial charge >= 0.3 is 0 Å². The lowest BCUT2D eigenvalue weighted by molar-refractivity contribution is 0.352. The van der Waals surface area contributed by atoms with Crippen LogP contribution < -0.4 is 10.6 Å². The second-order valence-corrected chi connectivity index (χ2v) is 5.93. The topological polar surface area (TPSA) is 24.1 Å². The molecule has 2 N–H and O–H groups in total. The third kappa shape index (κ3) is 4.96. The van der Waals surface area contributed by atoms with Gasteiger partial charge in [0.05, 0.1) is 0 Å². The first-order valence-corrected chi connectivity index (χ1v) is 7.73. The van der Waals surface area contributed by atoms with E-state index in [0.717, 1.165) is 25.4 Å². The summed E-state index contributed by atoms with van der Waals surface area (Å²) in [7, 11) is 0. The summed E-state index contributed by atoms with van der Waals surface area (Å²) in [4.78, 5) is 0. The van der Waals surface area contributed by atoms with Crippen LogP contribution in [0.5, 0.6) is 0 Å². The normalized spacial score (nSPS) is 19.6. The average molecular weight is 260 g/mol. The molecular formula is C17H28N2. The van der Waals surface area contributed by atoms with Gasteiger partial charge in [-0.05, 0) is 82.8 Å². The largest absolute Gasteiger partial charge is 0.316 e. The Morgan fingerprint density at radius 3 is 2.95 bits per heavy atom. The van der Waals surface area contributed by atoms with Crippen LogP contribution in [0.15, 0.2) is 18.2 Å². The van der Waals surface area contributed by atoms with E-state index in [-0.39, 0.29) is 0 Å². The summed E-state index contributed by atoms with van der Waals surface area (Å²) in [6.07, 6.45) is 5.23. The van der Waals surface area contributed by atoms with Crippen LogP contribution in [0.3, 0.4) is 0 Å². The highest BCUT2D eigenvalue weighted by molar-refractivity contribution is 5.30. The number of rotatable bonds is 6. The first-order valence-electron chi connectivity index (χ1n) is 7.73. The Morgan fingerprint density at radius 2 is 2.16 bits per heavy atom. The van der Waals surface area contributed by atoms with Gasteiger partial charge in [-0.1, -0.05) is 23.8 Å². The van der Waals surface area contributed by atoms with Crippen molar-refractivity contribution in [2.45, 2.75) is 39.5 Å². The van der Waals surface area contributed by atoms with Crippen LogP contribution in [0.2, 0.25) is 0 Å². The van der Waals surface area contributed by atoms with Crippen molar-refractivity contribution in [3.05, 3.63) is 34.9 Å².